The number of aryl methyl sites for hydroxylation is 1. The lowest BCUT2D eigenvalue weighted by Gasteiger charge is -2.20. The molecule has 2 rings (SSSR count). The number of aromatic nitrogens is 2. The van der Waals surface area contributed by atoms with Crippen LogP contribution in [0.1, 0.15) is 12.5 Å². The van der Waals surface area contributed by atoms with Gasteiger partial charge in [0.1, 0.15) is 0 Å². The first kappa shape index (κ1) is 13.0. The summed E-state index contributed by atoms with van der Waals surface area (Å²) in [5.41, 5.74) is 3.36. The van der Waals surface area contributed by atoms with Gasteiger partial charge in [-0.05, 0) is 35.4 Å². The molecule has 0 aliphatic rings. The first-order valence-corrected chi connectivity index (χ1v) is 9.93. The van der Waals surface area contributed by atoms with Gasteiger partial charge in [0.25, 0.3) is 0 Å². The van der Waals surface area contributed by atoms with E-state index in [1.807, 2.05) is 24.4 Å². The van der Waals surface area contributed by atoms with Crippen molar-refractivity contribution in [3.05, 3.63) is 42.2 Å². The van der Waals surface area contributed by atoms with Gasteiger partial charge in [0, 0.05) is 12.4 Å². The van der Waals surface area contributed by atoms with Crippen molar-refractivity contribution in [2.45, 2.75) is 33.0 Å². The third-order valence-corrected chi connectivity index (χ3v) is 5.17. The third-order valence-electron chi connectivity index (χ3n) is 3.11. The molecule has 2 nitrogen and oxygen atoms in total. The predicted octanol–water partition coefficient (Wildman–Crippen LogP) is 3.25. The molecule has 0 aliphatic carbocycles. The standard InChI is InChI=1S/C15H20N2Si/c1-5-12-10-14(13-8-6-7-9-16-13)17-11-15(12)18(2,3)4/h6-11H,5H2,1-4H3. The van der Waals surface area contributed by atoms with E-state index in [-0.39, 0.29) is 0 Å². The lowest BCUT2D eigenvalue weighted by molar-refractivity contribution is 1.13. The van der Waals surface area contributed by atoms with Crippen molar-refractivity contribution >= 4 is 13.3 Å². The highest BCUT2D eigenvalue weighted by Gasteiger charge is 2.20. The number of pyridine rings is 2. The molecular weight excluding hydrogens is 236 g/mol. The highest BCUT2D eigenvalue weighted by molar-refractivity contribution is 6.89. The van der Waals surface area contributed by atoms with Crippen LogP contribution in [0.5, 0.6) is 0 Å². The molecule has 2 aromatic heterocycles. The Kier molecular flexibility index (Phi) is 3.62. The molecule has 0 saturated heterocycles. The van der Waals surface area contributed by atoms with Gasteiger partial charge in [0.2, 0.25) is 0 Å². The Labute approximate surface area is 110 Å². The summed E-state index contributed by atoms with van der Waals surface area (Å²) in [5, 5.41) is 1.46. The molecule has 0 aliphatic heterocycles. The molecule has 0 bridgehead atoms. The van der Waals surface area contributed by atoms with Crippen LogP contribution in [0, 0.1) is 0 Å². The van der Waals surface area contributed by atoms with Gasteiger partial charge >= 0.3 is 0 Å². The smallest absolute Gasteiger partial charge is 0.0888 e. The number of hydrogen-bond donors (Lipinski definition) is 0. The maximum atomic E-state index is 4.60. The predicted molar refractivity (Wildman–Crippen MR) is 79.8 cm³/mol. The van der Waals surface area contributed by atoms with Crippen LogP contribution in [0.4, 0.5) is 0 Å². The number of hydrogen-bond acceptors (Lipinski definition) is 2. The molecular formula is C15H20N2Si. The minimum Gasteiger partial charge on any atom is -0.255 e. The van der Waals surface area contributed by atoms with Gasteiger partial charge in [-0.3, -0.25) is 9.97 Å². The van der Waals surface area contributed by atoms with E-state index in [1.54, 1.807) is 0 Å². The van der Waals surface area contributed by atoms with Crippen LogP contribution in [-0.4, -0.2) is 18.0 Å². The van der Waals surface area contributed by atoms with Gasteiger partial charge in [-0.25, -0.2) is 0 Å². The highest BCUT2D eigenvalue weighted by atomic mass is 28.3. The molecule has 0 radical (unpaired) electrons. The summed E-state index contributed by atoms with van der Waals surface area (Å²) in [6, 6.07) is 8.15. The molecule has 0 amide bonds. The Hall–Kier alpha value is -1.48. The van der Waals surface area contributed by atoms with Crippen molar-refractivity contribution in [2.75, 3.05) is 0 Å². The van der Waals surface area contributed by atoms with Crippen LogP contribution in [0.3, 0.4) is 0 Å². The van der Waals surface area contributed by atoms with Gasteiger partial charge < -0.3 is 0 Å². The second-order valence-electron chi connectivity index (χ2n) is 5.55. The average Bonchev–Trinajstić information content (AvgIpc) is 2.38. The van der Waals surface area contributed by atoms with Crippen LogP contribution < -0.4 is 5.19 Å². The molecule has 0 unspecified atom stereocenters. The maximum Gasteiger partial charge on any atom is 0.0888 e. The summed E-state index contributed by atoms with van der Waals surface area (Å²) in [6.07, 6.45) is 4.94. The molecule has 0 N–H and O–H groups in total. The molecule has 0 atom stereocenters. The average molecular weight is 256 g/mol. The van der Waals surface area contributed by atoms with E-state index in [1.165, 1.54) is 10.8 Å². The van der Waals surface area contributed by atoms with Crippen LogP contribution in [0.2, 0.25) is 19.6 Å². The molecule has 18 heavy (non-hydrogen) atoms. The Morgan fingerprint density at radius 3 is 2.39 bits per heavy atom. The number of nitrogens with zero attached hydrogens (tertiary/aromatic N) is 2. The molecule has 94 valence electrons. The molecule has 2 aromatic rings. The number of rotatable bonds is 3. The van der Waals surface area contributed by atoms with Gasteiger partial charge in [0.05, 0.1) is 19.5 Å². The zero-order valence-corrected chi connectivity index (χ0v) is 12.6. The summed E-state index contributed by atoms with van der Waals surface area (Å²) < 4.78 is 0. The second-order valence-corrected chi connectivity index (χ2v) is 10.6. The minimum atomic E-state index is -1.31. The summed E-state index contributed by atoms with van der Waals surface area (Å²) in [5.74, 6) is 0. The van der Waals surface area contributed by atoms with Gasteiger partial charge in [-0.2, -0.15) is 0 Å². The summed E-state index contributed by atoms with van der Waals surface area (Å²) in [7, 11) is -1.31. The monoisotopic (exact) mass is 256 g/mol. The van der Waals surface area contributed by atoms with E-state index in [4.69, 9.17) is 0 Å². The van der Waals surface area contributed by atoms with Crippen molar-refractivity contribution in [2.24, 2.45) is 0 Å². The van der Waals surface area contributed by atoms with E-state index in [9.17, 15) is 0 Å². The molecule has 3 heteroatoms. The Bertz CT molecular complexity index is 530. The molecule has 0 aromatic carbocycles. The van der Waals surface area contributed by atoms with Crippen molar-refractivity contribution in [3.8, 4) is 11.4 Å². The van der Waals surface area contributed by atoms with Crippen molar-refractivity contribution < 1.29 is 0 Å². The zero-order chi connectivity index (χ0) is 13.2. The molecule has 0 saturated carbocycles. The van der Waals surface area contributed by atoms with Crippen molar-refractivity contribution in [1.29, 1.82) is 0 Å². The largest absolute Gasteiger partial charge is 0.255 e. The van der Waals surface area contributed by atoms with E-state index in [2.05, 4.69) is 48.8 Å². The summed E-state index contributed by atoms with van der Waals surface area (Å²) in [4.78, 5) is 8.96. The van der Waals surface area contributed by atoms with Crippen LogP contribution in [-0.2, 0) is 6.42 Å². The van der Waals surface area contributed by atoms with E-state index in [0.29, 0.717) is 0 Å². The van der Waals surface area contributed by atoms with E-state index in [0.717, 1.165) is 17.8 Å². The zero-order valence-electron chi connectivity index (χ0n) is 11.6. The maximum absolute atomic E-state index is 4.60. The van der Waals surface area contributed by atoms with Crippen LogP contribution in [0.15, 0.2) is 36.7 Å². The SMILES string of the molecule is CCc1cc(-c2ccccn2)ncc1[Si](C)(C)C. The van der Waals surface area contributed by atoms with Crippen LogP contribution >= 0.6 is 0 Å². The van der Waals surface area contributed by atoms with Gasteiger partial charge in [-0.15, -0.1) is 0 Å². The Balaban J connectivity index is 2.49. The lowest BCUT2D eigenvalue weighted by Crippen LogP contribution is -2.40. The molecule has 0 spiro atoms. The highest BCUT2D eigenvalue weighted by Crippen LogP contribution is 2.16. The molecule has 0 fully saturated rings. The topological polar surface area (TPSA) is 25.8 Å². The lowest BCUT2D eigenvalue weighted by atomic mass is 10.1. The van der Waals surface area contributed by atoms with Gasteiger partial charge in [0.15, 0.2) is 0 Å². The van der Waals surface area contributed by atoms with Crippen LogP contribution in [0.25, 0.3) is 11.4 Å². The fourth-order valence-electron chi connectivity index (χ4n) is 2.12. The van der Waals surface area contributed by atoms with E-state index < -0.39 is 8.07 Å². The summed E-state index contributed by atoms with van der Waals surface area (Å²) in [6.45, 7) is 9.30. The van der Waals surface area contributed by atoms with Crippen molar-refractivity contribution in [1.82, 2.24) is 9.97 Å². The van der Waals surface area contributed by atoms with Gasteiger partial charge in [-0.1, -0.05) is 32.6 Å². The first-order chi connectivity index (χ1) is 8.52. The fraction of sp³-hybridized carbons (Fsp3) is 0.333. The van der Waals surface area contributed by atoms with E-state index >= 15 is 0 Å². The quantitative estimate of drug-likeness (QED) is 0.788. The fourth-order valence-corrected chi connectivity index (χ4v) is 3.78. The second kappa shape index (κ2) is 5.02. The Morgan fingerprint density at radius 1 is 1.06 bits per heavy atom. The van der Waals surface area contributed by atoms with Crippen molar-refractivity contribution in [3.63, 3.8) is 0 Å². The third kappa shape index (κ3) is 2.67. The first-order valence-electron chi connectivity index (χ1n) is 6.43. The summed E-state index contributed by atoms with van der Waals surface area (Å²) >= 11 is 0. The minimum absolute atomic E-state index is 0.953. The normalized spacial score (nSPS) is 11.6. The molecule has 2 heterocycles. The Morgan fingerprint density at radius 2 is 1.83 bits per heavy atom.